The average molecular weight is 524 g/mol. The minimum Gasteiger partial charge on any atom is -0.377 e. The first-order chi connectivity index (χ1) is 12.9. The summed E-state index contributed by atoms with van der Waals surface area (Å²) < 4.78 is 5.42. The number of para-hydroxylation sites is 1. The molecule has 0 radical (unpaired) electrons. The van der Waals surface area contributed by atoms with Gasteiger partial charge in [-0.3, -0.25) is 9.89 Å². The predicted octanol–water partition coefficient (Wildman–Crippen LogP) is 3.06. The minimum absolute atomic E-state index is 0. The quantitative estimate of drug-likeness (QED) is 0.237. The van der Waals surface area contributed by atoms with Crippen LogP contribution in [0.25, 0.3) is 0 Å². The van der Waals surface area contributed by atoms with Gasteiger partial charge in [-0.05, 0) is 38.9 Å². The molecule has 0 unspecified atom stereocenters. The Morgan fingerprint density at radius 3 is 2.46 bits per heavy atom. The van der Waals surface area contributed by atoms with E-state index < -0.39 is 0 Å². The summed E-state index contributed by atoms with van der Waals surface area (Å²) in [6.45, 7) is 11.0. The van der Waals surface area contributed by atoms with Crippen molar-refractivity contribution in [1.29, 1.82) is 0 Å². The van der Waals surface area contributed by atoms with Gasteiger partial charge in [-0.15, -0.1) is 24.0 Å². The lowest BCUT2D eigenvalue weighted by Crippen LogP contribution is -2.48. The van der Waals surface area contributed by atoms with E-state index in [1.807, 2.05) is 18.2 Å². The molecule has 0 aliphatic carbocycles. The monoisotopic (exact) mass is 523 g/mol. The molecule has 2 N–H and O–H groups in total. The molecule has 1 aromatic carbocycles. The summed E-state index contributed by atoms with van der Waals surface area (Å²) in [5.41, 5.74) is 0.938. The van der Waals surface area contributed by atoms with Gasteiger partial charge >= 0.3 is 0 Å². The molecule has 0 bridgehead atoms. The number of nitrogens with one attached hydrogen (secondary N) is 2. The molecule has 1 saturated heterocycles. The van der Waals surface area contributed by atoms with Crippen molar-refractivity contribution in [3.63, 3.8) is 0 Å². The molecule has 28 heavy (non-hydrogen) atoms. The van der Waals surface area contributed by atoms with Gasteiger partial charge in [0.05, 0.1) is 16.3 Å². The van der Waals surface area contributed by atoms with Crippen molar-refractivity contribution in [2.45, 2.75) is 25.9 Å². The molecule has 1 aromatic rings. The SMILES string of the molecule is CN=C(NCCCN1CCN(c2ccccc2Cl)CC1)NCC(C)(C)OC.I. The molecular formula is C20H35ClIN5O. The first kappa shape index (κ1) is 25.3. The van der Waals surface area contributed by atoms with Gasteiger partial charge in [-0.1, -0.05) is 23.7 Å². The number of hydrogen-bond donors (Lipinski definition) is 2. The largest absolute Gasteiger partial charge is 0.377 e. The van der Waals surface area contributed by atoms with Gasteiger partial charge in [0, 0.05) is 53.4 Å². The summed E-state index contributed by atoms with van der Waals surface area (Å²) in [6.07, 6.45) is 1.08. The molecule has 1 heterocycles. The van der Waals surface area contributed by atoms with Crippen LogP contribution in [-0.4, -0.2) is 76.4 Å². The van der Waals surface area contributed by atoms with Crippen molar-refractivity contribution in [2.75, 3.05) is 64.9 Å². The fraction of sp³-hybridized carbons (Fsp3) is 0.650. The zero-order chi connectivity index (χ0) is 19.7. The third-order valence-corrected chi connectivity index (χ3v) is 5.29. The van der Waals surface area contributed by atoms with E-state index in [0.29, 0.717) is 6.54 Å². The summed E-state index contributed by atoms with van der Waals surface area (Å²) in [5, 5.41) is 7.52. The Kier molecular flexibility index (Phi) is 11.5. The van der Waals surface area contributed by atoms with Crippen molar-refractivity contribution < 1.29 is 4.74 Å². The van der Waals surface area contributed by atoms with E-state index in [-0.39, 0.29) is 29.6 Å². The number of nitrogens with zero attached hydrogens (tertiary/aromatic N) is 3. The molecule has 2 rings (SSSR count). The highest BCUT2D eigenvalue weighted by molar-refractivity contribution is 14.0. The van der Waals surface area contributed by atoms with Crippen molar-refractivity contribution in [1.82, 2.24) is 15.5 Å². The van der Waals surface area contributed by atoms with Crippen LogP contribution in [-0.2, 0) is 4.74 Å². The van der Waals surface area contributed by atoms with Gasteiger partial charge in [0.2, 0.25) is 0 Å². The van der Waals surface area contributed by atoms with Crippen LogP contribution in [0.3, 0.4) is 0 Å². The van der Waals surface area contributed by atoms with Gasteiger partial charge in [0.1, 0.15) is 0 Å². The van der Waals surface area contributed by atoms with E-state index in [4.69, 9.17) is 16.3 Å². The highest BCUT2D eigenvalue weighted by Gasteiger charge is 2.19. The molecule has 0 amide bonds. The standard InChI is InChI=1S/C20H34ClN5O.HI/c1-20(2,27-4)16-24-19(22-3)23-10-7-11-25-12-14-26(15-13-25)18-9-6-5-8-17(18)21;/h5-6,8-9H,7,10-16H2,1-4H3,(H2,22,23,24);1H. The van der Waals surface area contributed by atoms with Gasteiger partial charge < -0.3 is 20.3 Å². The third kappa shape index (κ3) is 8.31. The van der Waals surface area contributed by atoms with Crippen LogP contribution in [0.4, 0.5) is 5.69 Å². The van der Waals surface area contributed by atoms with Crippen LogP contribution in [0.1, 0.15) is 20.3 Å². The fourth-order valence-electron chi connectivity index (χ4n) is 3.02. The molecule has 0 spiro atoms. The van der Waals surface area contributed by atoms with Crippen LogP contribution in [0, 0.1) is 0 Å². The van der Waals surface area contributed by atoms with Crippen molar-refractivity contribution in [2.24, 2.45) is 4.99 Å². The first-order valence-electron chi connectivity index (χ1n) is 9.66. The average Bonchev–Trinajstić information content (AvgIpc) is 2.68. The topological polar surface area (TPSA) is 52.1 Å². The molecule has 1 fully saturated rings. The Labute approximate surface area is 192 Å². The van der Waals surface area contributed by atoms with Crippen LogP contribution >= 0.6 is 35.6 Å². The zero-order valence-corrected chi connectivity index (χ0v) is 20.6. The number of methoxy groups -OCH3 is 1. The first-order valence-corrected chi connectivity index (χ1v) is 10.0. The number of rotatable bonds is 8. The van der Waals surface area contributed by atoms with E-state index in [2.05, 4.69) is 45.3 Å². The molecule has 1 aliphatic rings. The lowest BCUT2D eigenvalue weighted by atomic mass is 10.1. The molecule has 8 heteroatoms. The molecule has 0 aromatic heterocycles. The Morgan fingerprint density at radius 2 is 1.86 bits per heavy atom. The van der Waals surface area contributed by atoms with Crippen LogP contribution in [0.15, 0.2) is 29.3 Å². The summed E-state index contributed by atoms with van der Waals surface area (Å²) in [4.78, 5) is 9.16. The van der Waals surface area contributed by atoms with Crippen LogP contribution in [0.2, 0.25) is 5.02 Å². The molecule has 1 aliphatic heterocycles. The highest BCUT2D eigenvalue weighted by Crippen LogP contribution is 2.25. The van der Waals surface area contributed by atoms with Crippen LogP contribution < -0.4 is 15.5 Å². The molecule has 0 atom stereocenters. The summed E-state index contributed by atoms with van der Waals surface area (Å²) in [6, 6.07) is 8.09. The van der Waals surface area contributed by atoms with Gasteiger partial charge in [0.25, 0.3) is 0 Å². The normalized spacial score (nSPS) is 15.9. The summed E-state index contributed by atoms with van der Waals surface area (Å²) >= 11 is 6.31. The minimum atomic E-state index is -0.209. The Bertz CT molecular complexity index is 606. The number of ether oxygens (including phenoxy) is 1. The third-order valence-electron chi connectivity index (χ3n) is 4.97. The number of halogens is 2. The van der Waals surface area contributed by atoms with E-state index in [9.17, 15) is 0 Å². The molecule has 0 saturated carbocycles. The lowest BCUT2D eigenvalue weighted by molar-refractivity contribution is 0.0268. The molecule has 160 valence electrons. The fourth-order valence-corrected chi connectivity index (χ4v) is 3.27. The van der Waals surface area contributed by atoms with Gasteiger partial charge in [-0.2, -0.15) is 0 Å². The van der Waals surface area contributed by atoms with E-state index >= 15 is 0 Å². The maximum absolute atomic E-state index is 6.31. The summed E-state index contributed by atoms with van der Waals surface area (Å²) in [7, 11) is 3.52. The second-order valence-electron chi connectivity index (χ2n) is 7.45. The van der Waals surface area contributed by atoms with Gasteiger partial charge in [0.15, 0.2) is 5.96 Å². The van der Waals surface area contributed by atoms with E-state index in [1.165, 1.54) is 0 Å². The van der Waals surface area contributed by atoms with Crippen molar-refractivity contribution >= 4 is 47.2 Å². The lowest BCUT2D eigenvalue weighted by Gasteiger charge is -2.36. The van der Waals surface area contributed by atoms with Gasteiger partial charge in [-0.25, -0.2) is 0 Å². The predicted molar refractivity (Wildman–Crippen MR) is 131 cm³/mol. The number of hydrogen-bond acceptors (Lipinski definition) is 4. The second-order valence-corrected chi connectivity index (χ2v) is 7.86. The van der Waals surface area contributed by atoms with E-state index in [1.54, 1.807) is 14.2 Å². The number of aliphatic imine (C=N–C) groups is 1. The summed E-state index contributed by atoms with van der Waals surface area (Å²) in [5.74, 6) is 0.823. The maximum Gasteiger partial charge on any atom is 0.191 e. The number of guanidine groups is 1. The zero-order valence-electron chi connectivity index (χ0n) is 17.5. The highest BCUT2D eigenvalue weighted by atomic mass is 127. The van der Waals surface area contributed by atoms with E-state index in [0.717, 1.165) is 62.4 Å². The Morgan fingerprint density at radius 1 is 1.18 bits per heavy atom. The van der Waals surface area contributed by atoms with Crippen LogP contribution in [0.5, 0.6) is 0 Å². The molecule has 6 nitrogen and oxygen atoms in total. The smallest absolute Gasteiger partial charge is 0.191 e. The second kappa shape index (κ2) is 12.7. The van der Waals surface area contributed by atoms with Crippen molar-refractivity contribution in [3.05, 3.63) is 29.3 Å². The molecular weight excluding hydrogens is 489 g/mol. The maximum atomic E-state index is 6.31. The Hall–Kier alpha value is -0.770. The number of benzene rings is 1. The number of anilines is 1. The number of piperazine rings is 1. The van der Waals surface area contributed by atoms with Crippen molar-refractivity contribution in [3.8, 4) is 0 Å². The Balaban J connectivity index is 0.00000392.